The van der Waals surface area contributed by atoms with E-state index in [0.717, 1.165) is 6.42 Å². The molecule has 0 saturated carbocycles. The monoisotopic (exact) mass is 164 g/mol. The molecule has 1 rings (SSSR count). The molecule has 0 bridgehead atoms. The lowest BCUT2D eigenvalue weighted by molar-refractivity contribution is -0.427. The van der Waals surface area contributed by atoms with Gasteiger partial charge in [-0.05, 0) is 31.0 Å². The van der Waals surface area contributed by atoms with Gasteiger partial charge in [0.2, 0.25) is 0 Å². The van der Waals surface area contributed by atoms with Crippen LogP contribution < -0.4 is 5.73 Å². The fraction of sp³-hybridized carbons (Fsp3) is 0.455. The third-order valence-electron chi connectivity index (χ3n) is 2.50. The van der Waals surface area contributed by atoms with E-state index < -0.39 is 0 Å². The summed E-state index contributed by atoms with van der Waals surface area (Å²) < 4.78 is 0. The first kappa shape index (κ1) is 9.27. The van der Waals surface area contributed by atoms with Gasteiger partial charge in [0.25, 0.3) is 0 Å². The molecule has 0 amide bonds. The lowest BCUT2D eigenvalue weighted by atomic mass is 10.0. The first-order chi connectivity index (χ1) is 5.65. The van der Waals surface area contributed by atoms with Crippen molar-refractivity contribution in [2.45, 2.75) is 33.2 Å². The standard InChI is InChI=1S/C11H17N/c1-4-11(12)10-6-5-8(2)9(3)7-10/h5-7,11H,4,12H2,1-3H3/p+1/t11-/m1/s1. The minimum Gasteiger partial charge on any atom is -0.351 e. The predicted molar refractivity (Wildman–Crippen MR) is 51.8 cm³/mol. The average molecular weight is 164 g/mol. The number of benzene rings is 1. The topological polar surface area (TPSA) is 27.6 Å². The van der Waals surface area contributed by atoms with Crippen molar-refractivity contribution < 1.29 is 5.73 Å². The summed E-state index contributed by atoms with van der Waals surface area (Å²) in [5.41, 5.74) is 8.19. The second kappa shape index (κ2) is 3.72. The van der Waals surface area contributed by atoms with Gasteiger partial charge in [-0.3, -0.25) is 0 Å². The summed E-state index contributed by atoms with van der Waals surface area (Å²) in [5, 5.41) is 0. The van der Waals surface area contributed by atoms with E-state index >= 15 is 0 Å². The maximum atomic E-state index is 4.10. The van der Waals surface area contributed by atoms with Crippen molar-refractivity contribution >= 4 is 0 Å². The van der Waals surface area contributed by atoms with E-state index in [1.54, 1.807) is 0 Å². The minimum atomic E-state index is 0.448. The van der Waals surface area contributed by atoms with Crippen molar-refractivity contribution in [3.8, 4) is 0 Å². The Kier molecular flexibility index (Phi) is 2.88. The molecular formula is C11H18N+. The zero-order valence-corrected chi connectivity index (χ0v) is 8.22. The number of hydrogen-bond donors (Lipinski definition) is 1. The molecule has 1 aromatic carbocycles. The third-order valence-corrected chi connectivity index (χ3v) is 2.50. The summed E-state index contributed by atoms with van der Waals surface area (Å²) in [5.74, 6) is 0. The van der Waals surface area contributed by atoms with Crippen LogP contribution in [0.2, 0.25) is 0 Å². The Morgan fingerprint density at radius 3 is 2.42 bits per heavy atom. The molecule has 3 N–H and O–H groups in total. The maximum Gasteiger partial charge on any atom is 0.110 e. The molecule has 0 aliphatic heterocycles. The molecule has 0 fully saturated rings. The molecule has 1 heteroatoms. The summed E-state index contributed by atoms with van der Waals surface area (Å²) in [6.07, 6.45) is 1.11. The summed E-state index contributed by atoms with van der Waals surface area (Å²) in [4.78, 5) is 0. The Morgan fingerprint density at radius 1 is 1.25 bits per heavy atom. The van der Waals surface area contributed by atoms with Gasteiger partial charge < -0.3 is 5.73 Å². The summed E-state index contributed by atoms with van der Waals surface area (Å²) in [7, 11) is 0. The fourth-order valence-electron chi connectivity index (χ4n) is 1.25. The van der Waals surface area contributed by atoms with Gasteiger partial charge in [0, 0.05) is 12.0 Å². The van der Waals surface area contributed by atoms with Crippen LogP contribution in [0, 0.1) is 13.8 Å². The lowest BCUT2D eigenvalue weighted by Gasteiger charge is -2.08. The number of aryl methyl sites for hydroxylation is 2. The maximum absolute atomic E-state index is 4.10. The highest BCUT2D eigenvalue weighted by Gasteiger charge is 2.06. The molecule has 1 aromatic rings. The molecular weight excluding hydrogens is 146 g/mol. The van der Waals surface area contributed by atoms with Crippen LogP contribution in [0.25, 0.3) is 0 Å². The Labute approximate surface area is 74.6 Å². The summed E-state index contributed by atoms with van der Waals surface area (Å²) in [6, 6.07) is 7.06. The van der Waals surface area contributed by atoms with E-state index in [0.29, 0.717) is 6.04 Å². The Balaban J connectivity index is 2.96. The number of quaternary nitrogens is 1. The fourth-order valence-corrected chi connectivity index (χ4v) is 1.25. The van der Waals surface area contributed by atoms with Crippen LogP contribution in [-0.2, 0) is 0 Å². The molecule has 0 aliphatic rings. The van der Waals surface area contributed by atoms with Crippen LogP contribution in [0.15, 0.2) is 18.2 Å². The quantitative estimate of drug-likeness (QED) is 0.692. The molecule has 66 valence electrons. The largest absolute Gasteiger partial charge is 0.351 e. The van der Waals surface area contributed by atoms with Gasteiger partial charge in [-0.1, -0.05) is 19.1 Å². The van der Waals surface area contributed by atoms with E-state index in [-0.39, 0.29) is 0 Å². The van der Waals surface area contributed by atoms with Gasteiger partial charge in [-0.15, -0.1) is 0 Å². The molecule has 0 aromatic heterocycles. The number of rotatable bonds is 2. The van der Waals surface area contributed by atoms with Gasteiger partial charge in [0.05, 0.1) is 0 Å². The minimum absolute atomic E-state index is 0.448. The van der Waals surface area contributed by atoms with Gasteiger partial charge in [-0.2, -0.15) is 0 Å². The second-order valence-corrected chi connectivity index (χ2v) is 3.45. The summed E-state index contributed by atoms with van der Waals surface area (Å²) >= 11 is 0. The summed E-state index contributed by atoms with van der Waals surface area (Å²) in [6.45, 7) is 6.47. The molecule has 0 heterocycles. The Hall–Kier alpha value is -0.820. The first-order valence-electron chi connectivity index (χ1n) is 4.55. The first-order valence-corrected chi connectivity index (χ1v) is 4.55. The second-order valence-electron chi connectivity index (χ2n) is 3.45. The van der Waals surface area contributed by atoms with Crippen LogP contribution in [0.3, 0.4) is 0 Å². The van der Waals surface area contributed by atoms with E-state index in [1.807, 2.05) is 0 Å². The molecule has 0 spiro atoms. The molecule has 12 heavy (non-hydrogen) atoms. The van der Waals surface area contributed by atoms with Gasteiger partial charge in [0.1, 0.15) is 6.04 Å². The van der Waals surface area contributed by atoms with Gasteiger partial charge in [0.15, 0.2) is 0 Å². The smallest absolute Gasteiger partial charge is 0.110 e. The molecule has 1 nitrogen and oxygen atoms in total. The Morgan fingerprint density at radius 2 is 1.92 bits per heavy atom. The van der Waals surface area contributed by atoms with Crippen LogP contribution in [0.1, 0.15) is 36.1 Å². The Bertz CT molecular complexity index is 266. The van der Waals surface area contributed by atoms with Gasteiger partial charge in [-0.25, -0.2) is 0 Å². The predicted octanol–water partition coefficient (Wildman–Crippen LogP) is 2.00. The normalized spacial score (nSPS) is 13.0. The van der Waals surface area contributed by atoms with Crippen LogP contribution >= 0.6 is 0 Å². The third kappa shape index (κ3) is 1.86. The van der Waals surface area contributed by atoms with Crippen LogP contribution in [-0.4, -0.2) is 0 Å². The van der Waals surface area contributed by atoms with Crippen LogP contribution in [0.5, 0.6) is 0 Å². The van der Waals surface area contributed by atoms with Crippen molar-refractivity contribution in [2.75, 3.05) is 0 Å². The van der Waals surface area contributed by atoms with Crippen molar-refractivity contribution in [3.63, 3.8) is 0 Å². The number of hydrogen-bond acceptors (Lipinski definition) is 0. The van der Waals surface area contributed by atoms with E-state index in [2.05, 4.69) is 44.7 Å². The van der Waals surface area contributed by atoms with E-state index in [1.165, 1.54) is 16.7 Å². The van der Waals surface area contributed by atoms with Crippen LogP contribution in [0.4, 0.5) is 0 Å². The van der Waals surface area contributed by atoms with E-state index in [4.69, 9.17) is 0 Å². The zero-order chi connectivity index (χ0) is 9.14. The molecule has 1 atom stereocenters. The van der Waals surface area contributed by atoms with Crippen molar-refractivity contribution in [3.05, 3.63) is 34.9 Å². The van der Waals surface area contributed by atoms with Crippen molar-refractivity contribution in [1.82, 2.24) is 0 Å². The SMILES string of the molecule is CC[C@@H]([NH3+])c1ccc(C)c(C)c1. The highest BCUT2D eigenvalue weighted by Crippen LogP contribution is 2.15. The zero-order valence-electron chi connectivity index (χ0n) is 8.22. The lowest BCUT2D eigenvalue weighted by Crippen LogP contribution is -2.53. The van der Waals surface area contributed by atoms with Crippen molar-refractivity contribution in [2.24, 2.45) is 0 Å². The highest BCUT2D eigenvalue weighted by molar-refractivity contribution is 5.30. The van der Waals surface area contributed by atoms with Gasteiger partial charge >= 0.3 is 0 Å². The molecule has 0 unspecified atom stereocenters. The molecule has 0 saturated heterocycles. The molecule has 0 radical (unpaired) electrons. The van der Waals surface area contributed by atoms with E-state index in [9.17, 15) is 0 Å². The molecule has 0 aliphatic carbocycles. The van der Waals surface area contributed by atoms with Crippen molar-refractivity contribution in [1.29, 1.82) is 0 Å². The highest BCUT2D eigenvalue weighted by atomic mass is 14.6. The average Bonchev–Trinajstić information content (AvgIpc) is 2.08.